The summed E-state index contributed by atoms with van der Waals surface area (Å²) in [7, 11) is 0. The van der Waals surface area contributed by atoms with Crippen LogP contribution in [-0.4, -0.2) is 0 Å². The predicted octanol–water partition coefficient (Wildman–Crippen LogP) is 4.96. The molecule has 0 saturated heterocycles. The number of aryl methyl sites for hydroxylation is 2. The second-order valence-electron chi connectivity index (χ2n) is 5.01. The summed E-state index contributed by atoms with van der Waals surface area (Å²) in [6.45, 7) is 4.22. The molecule has 0 heterocycles. The molecule has 100 valence electrons. The Bertz CT molecular complexity index is 555. The van der Waals surface area contributed by atoms with Crippen molar-refractivity contribution in [3.63, 3.8) is 0 Å². The van der Waals surface area contributed by atoms with Gasteiger partial charge in [-0.15, -0.1) is 0 Å². The lowest BCUT2D eigenvalue weighted by Crippen LogP contribution is -2.13. The molecule has 2 aromatic carbocycles. The van der Waals surface area contributed by atoms with Gasteiger partial charge in [-0.3, -0.25) is 0 Å². The minimum atomic E-state index is -0.0452. The van der Waals surface area contributed by atoms with Crippen LogP contribution in [0.15, 0.2) is 40.9 Å². The predicted molar refractivity (Wildman–Crippen MR) is 85.7 cm³/mol. The van der Waals surface area contributed by atoms with Gasteiger partial charge in [0.15, 0.2) is 0 Å². The molecule has 2 rings (SSSR count). The Morgan fingerprint density at radius 3 is 2.26 bits per heavy atom. The Labute approximate surface area is 127 Å². The van der Waals surface area contributed by atoms with Gasteiger partial charge in [0, 0.05) is 15.5 Å². The highest BCUT2D eigenvalue weighted by atomic mass is 79.9. The molecule has 1 atom stereocenters. The molecule has 0 aliphatic carbocycles. The Morgan fingerprint density at radius 1 is 1.05 bits per heavy atom. The van der Waals surface area contributed by atoms with Crippen molar-refractivity contribution < 1.29 is 0 Å². The van der Waals surface area contributed by atoms with Crippen LogP contribution in [0.4, 0.5) is 0 Å². The van der Waals surface area contributed by atoms with Crippen LogP contribution in [0.3, 0.4) is 0 Å². The fourth-order valence-corrected chi connectivity index (χ4v) is 3.23. The molecule has 2 N–H and O–H groups in total. The second kappa shape index (κ2) is 6.08. The summed E-state index contributed by atoms with van der Waals surface area (Å²) in [5.74, 6) is 0. The number of rotatable bonds is 3. The van der Waals surface area contributed by atoms with Crippen molar-refractivity contribution in [3.8, 4) is 0 Å². The quantitative estimate of drug-likeness (QED) is 0.841. The first-order valence-corrected chi connectivity index (χ1v) is 7.40. The third-order valence-corrected chi connectivity index (χ3v) is 3.73. The molecule has 0 amide bonds. The van der Waals surface area contributed by atoms with E-state index in [1.54, 1.807) is 0 Å². The van der Waals surface area contributed by atoms with Crippen molar-refractivity contribution in [2.24, 2.45) is 5.73 Å². The molecule has 0 saturated carbocycles. The van der Waals surface area contributed by atoms with E-state index in [1.807, 2.05) is 18.2 Å². The third kappa shape index (κ3) is 4.07. The highest BCUT2D eigenvalue weighted by molar-refractivity contribution is 9.10. The van der Waals surface area contributed by atoms with Gasteiger partial charge in [-0.1, -0.05) is 56.9 Å². The largest absolute Gasteiger partial charge is 0.324 e. The summed E-state index contributed by atoms with van der Waals surface area (Å²) in [5.41, 5.74) is 11.1. The molecule has 0 radical (unpaired) electrons. The first kappa shape index (κ1) is 14.6. The Hall–Kier alpha value is -0.830. The van der Waals surface area contributed by atoms with E-state index < -0.39 is 0 Å². The van der Waals surface area contributed by atoms with E-state index in [0.29, 0.717) is 5.02 Å². The number of nitrogens with two attached hydrogens (primary N) is 1. The minimum Gasteiger partial charge on any atom is -0.324 e. The van der Waals surface area contributed by atoms with E-state index in [4.69, 9.17) is 17.3 Å². The van der Waals surface area contributed by atoms with E-state index in [-0.39, 0.29) is 6.04 Å². The van der Waals surface area contributed by atoms with E-state index in [0.717, 1.165) is 16.5 Å². The molecule has 0 aliphatic rings. The number of benzene rings is 2. The van der Waals surface area contributed by atoms with Gasteiger partial charge >= 0.3 is 0 Å². The third-order valence-electron chi connectivity index (χ3n) is 3.05. The molecule has 0 aliphatic heterocycles. The number of hydrogen-bond acceptors (Lipinski definition) is 1. The Morgan fingerprint density at radius 2 is 1.68 bits per heavy atom. The van der Waals surface area contributed by atoms with Crippen LogP contribution in [-0.2, 0) is 6.42 Å². The zero-order chi connectivity index (χ0) is 14.0. The molecule has 2 aromatic rings. The fraction of sp³-hybridized carbons (Fsp3) is 0.250. The Balaban J connectivity index is 2.22. The molecule has 3 heteroatoms. The van der Waals surface area contributed by atoms with Crippen molar-refractivity contribution in [2.45, 2.75) is 26.3 Å². The van der Waals surface area contributed by atoms with Crippen molar-refractivity contribution in [1.29, 1.82) is 0 Å². The van der Waals surface area contributed by atoms with Gasteiger partial charge in [0.2, 0.25) is 0 Å². The van der Waals surface area contributed by atoms with Gasteiger partial charge in [-0.2, -0.15) is 0 Å². The zero-order valence-electron chi connectivity index (χ0n) is 11.1. The summed E-state index contributed by atoms with van der Waals surface area (Å²) in [6.07, 6.45) is 0.815. The monoisotopic (exact) mass is 337 g/mol. The van der Waals surface area contributed by atoms with Crippen molar-refractivity contribution in [3.05, 3.63) is 68.1 Å². The molecule has 1 unspecified atom stereocenters. The van der Waals surface area contributed by atoms with Crippen molar-refractivity contribution >= 4 is 27.5 Å². The molecule has 0 bridgehead atoms. The van der Waals surface area contributed by atoms with Crippen LogP contribution >= 0.6 is 27.5 Å². The van der Waals surface area contributed by atoms with Crippen LogP contribution in [0.25, 0.3) is 0 Å². The lowest BCUT2D eigenvalue weighted by atomic mass is 9.97. The molecule has 0 fully saturated rings. The maximum Gasteiger partial charge on any atom is 0.0420 e. The minimum absolute atomic E-state index is 0.0452. The van der Waals surface area contributed by atoms with Crippen LogP contribution in [0.5, 0.6) is 0 Å². The van der Waals surface area contributed by atoms with Gasteiger partial charge in [-0.25, -0.2) is 0 Å². The smallest absolute Gasteiger partial charge is 0.0420 e. The summed E-state index contributed by atoms with van der Waals surface area (Å²) < 4.78 is 0.964. The number of hydrogen-bond donors (Lipinski definition) is 1. The fourth-order valence-electron chi connectivity index (χ4n) is 2.35. The molecule has 19 heavy (non-hydrogen) atoms. The SMILES string of the molecule is Cc1cc(C)cc(CC(N)c2cc(Cl)cc(Br)c2)c1. The molecule has 0 aromatic heterocycles. The first-order chi connectivity index (χ1) is 8.94. The van der Waals surface area contributed by atoms with Crippen LogP contribution in [0.1, 0.15) is 28.3 Å². The average Bonchev–Trinajstić information content (AvgIpc) is 2.25. The Kier molecular flexibility index (Phi) is 4.67. The second-order valence-corrected chi connectivity index (χ2v) is 6.36. The van der Waals surface area contributed by atoms with Gasteiger partial charge in [0.05, 0.1) is 0 Å². The van der Waals surface area contributed by atoms with Crippen LogP contribution in [0, 0.1) is 13.8 Å². The molecular formula is C16H17BrClN. The lowest BCUT2D eigenvalue weighted by molar-refractivity contribution is 0.720. The van der Waals surface area contributed by atoms with E-state index >= 15 is 0 Å². The van der Waals surface area contributed by atoms with Gasteiger partial charge < -0.3 is 5.73 Å². The average molecular weight is 339 g/mol. The molecular weight excluding hydrogens is 322 g/mol. The first-order valence-electron chi connectivity index (χ1n) is 6.23. The topological polar surface area (TPSA) is 26.0 Å². The zero-order valence-corrected chi connectivity index (χ0v) is 13.4. The summed E-state index contributed by atoms with van der Waals surface area (Å²) in [6, 6.07) is 12.3. The normalized spacial score (nSPS) is 12.5. The van der Waals surface area contributed by atoms with Gasteiger partial charge in [0.25, 0.3) is 0 Å². The van der Waals surface area contributed by atoms with Crippen LogP contribution < -0.4 is 5.73 Å². The van der Waals surface area contributed by atoms with Gasteiger partial charge in [0.1, 0.15) is 0 Å². The number of halogens is 2. The summed E-state index contributed by atoms with van der Waals surface area (Å²) >= 11 is 9.51. The summed E-state index contributed by atoms with van der Waals surface area (Å²) in [5, 5.41) is 0.709. The highest BCUT2D eigenvalue weighted by Gasteiger charge is 2.09. The van der Waals surface area contributed by atoms with Crippen molar-refractivity contribution in [1.82, 2.24) is 0 Å². The standard InChI is InChI=1S/C16H17BrClN/c1-10-3-11(2)5-12(4-10)6-16(19)13-7-14(17)9-15(18)8-13/h3-5,7-9,16H,6,19H2,1-2H3. The van der Waals surface area contributed by atoms with Gasteiger partial charge in [-0.05, 0) is 49.6 Å². The maximum atomic E-state index is 6.29. The lowest BCUT2D eigenvalue weighted by Gasteiger charge is -2.14. The van der Waals surface area contributed by atoms with E-state index in [2.05, 4.69) is 48.0 Å². The summed E-state index contributed by atoms with van der Waals surface area (Å²) in [4.78, 5) is 0. The molecule has 0 spiro atoms. The highest BCUT2D eigenvalue weighted by Crippen LogP contribution is 2.25. The van der Waals surface area contributed by atoms with Crippen LogP contribution in [0.2, 0.25) is 5.02 Å². The van der Waals surface area contributed by atoms with E-state index in [1.165, 1.54) is 16.7 Å². The van der Waals surface area contributed by atoms with Crippen molar-refractivity contribution in [2.75, 3.05) is 0 Å². The van der Waals surface area contributed by atoms with E-state index in [9.17, 15) is 0 Å². The molecule has 1 nitrogen and oxygen atoms in total. The maximum absolute atomic E-state index is 6.29.